The maximum Gasteiger partial charge on any atom is 0.258 e. The molecule has 3 N–H and O–H groups in total. The monoisotopic (exact) mass is 333 g/mol. The van der Waals surface area contributed by atoms with Crippen molar-refractivity contribution in [2.24, 2.45) is 0 Å². The Morgan fingerprint density at radius 3 is 2.75 bits per heavy atom. The predicted molar refractivity (Wildman–Crippen MR) is 95.4 cm³/mol. The van der Waals surface area contributed by atoms with Gasteiger partial charge in [0.25, 0.3) is 5.91 Å². The number of hydrogen-bond acceptors (Lipinski definition) is 3. The van der Waals surface area contributed by atoms with Crippen molar-refractivity contribution in [3.8, 4) is 5.75 Å². The smallest absolute Gasteiger partial charge is 0.258 e. The van der Waals surface area contributed by atoms with Gasteiger partial charge >= 0.3 is 0 Å². The van der Waals surface area contributed by atoms with Gasteiger partial charge in [-0.05, 0) is 30.0 Å². The van der Waals surface area contributed by atoms with Crippen LogP contribution >= 0.6 is 0 Å². The van der Waals surface area contributed by atoms with E-state index in [9.17, 15) is 9.90 Å². The van der Waals surface area contributed by atoms with E-state index in [2.05, 4.69) is 26.5 Å². The lowest BCUT2D eigenvalue weighted by molar-refractivity contribution is 0.0791. The van der Waals surface area contributed by atoms with E-state index in [4.69, 9.17) is 4.74 Å². The molecule has 1 heterocycles. The molecule has 0 spiro atoms. The predicted octanol–water partition coefficient (Wildman–Crippen LogP) is 2.66. The van der Waals surface area contributed by atoms with Gasteiger partial charge in [-0.1, -0.05) is 37.6 Å². The fourth-order valence-electron chi connectivity index (χ4n) is 2.69. The molecule has 0 aromatic heterocycles. The zero-order chi connectivity index (χ0) is 17.0. The average Bonchev–Trinajstić information content (AvgIpc) is 3.00. The van der Waals surface area contributed by atoms with E-state index in [1.165, 1.54) is 0 Å². The van der Waals surface area contributed by atoms with E-state index >= 15 is 0 Å². The number of aromatic hydroxyl groups is 1. The maximum absolute atomic E-state index is 12.7. The Hall–Kier alpha value is -2.11. The van der Waals surface area contributed by atoms with Crippen molar-refractivity contribution in [2.45, 2.75) is 32.3 Å². The van der Waals surface area contributed by atoms with Crippen LogP contribution in [0.25, 0.3) is 0 Å². The van der Waals surface area contributed by atoms with Crippen LogP contribution in [0, 0.1) is 0 Å². The summed E-state index contributed by atoms with van der Waals surface area (Å²) in [5, 5.41) is 10.0. The molecule has 0 saturated heterocycles. The summed E-state index contributed by atoms with van der Waals surface area (Å²) in [6.07, 6.45) is 4.52. The number of rotatable bonds is 6. The number of phenols is 1. The van der Waals surface area contributed by atoms with Gasteiger partial charge in [0, 0.05) is 20.2 Å². The molecule has 132 valence electrons. The van der Waals surface area contributed by atoms with Gasteiger partial charge in [0.15, 0.2) is 0 Å². The molecule has 1 unspecified atom stereocenters. The summed E-state index contributed by atoms with van der Waals surface area (Å²) >= 11 is 0. The van der Waals surface area contributed by atoms with Crippen LogP contribution in [0.5, 0.6) is 5.75 Å². The van der Waals surface area contributed by atoms with Gasteiger partial charge in [-0.25, -0.2) is 0 Å². The van der Waals surface area contributed by atoms with Crippen LogP contribution in [0.2, 0.25) is 0 Å². The SMILES string of the molecule is C=CC(CC1=CCN(C(=O)c2cc(C(C)C)ccc2O)C1)OC.O. The molecule has 5 heteroatoms. The minimum absolute atomic E-state index is 0. The summed E-state index contributed by atoms with van der Waals surface area (Å²) in [4.78, 5) is 14.4. The first-order chi connectivity index (χ1) is 11.0. The first kappa shape index (κ1) is 19.9. The second kappa shape index (κ2) is 8.66. The Balaban J connectivity index is 0.00000288. The molecule has 0 saturated carbocycles. The number of nitrogens with zero attached hydrogens (tertiary/aromatic N) is 1. The number of hydrogen-bond donors (Lipinski definition) is 1. The van der Waals surface area contributed by atoms with Gasteiger partial charge in [-0.15, -0.1) is 6.58 Å². The molecule has 0 aliphatic carbocycles. The summed E-state index contributed by atoms with van der Waals surface area (Å²) in [6, 6.07) is 5.26. The highest BCUT2D eigenvalue weighted by atomic mass is 16.5. The lowest BCUT2D eigenvalue weighted by Crippen LogP contribution is -2.29. The Bertz CT molecular complexity index is 622. The fraction of sp³-hybridized carbons (Fsp3) is 0.421. The Morgan fingerprint density at radius 1 is 1.46 bits per heavy atom. The van der Waals surface area contributed by atoms with Gasteiger partial charge in [0.1, 0.15) is 5.75 Å². The number of carbonyl (C=O) groups is 1. The van der Waals surface area contributed by atoms with Crippen molar-refractivity contribution in [3.63, 3.8) is 0 Å². The Kier molecular flexibility index (Phi) is 7.19. The number of amides is 1. The third-order valence-electron chi connectivity index (χ3n) is 4.23. The average molecular weight is 333 g/mol. The summed E-state index contributed by atoms with van der Waals surface area (Å²) in [7, 11) is 1.65. The molecule has 1 amide bonds. The highest BCUT2D eigenvalue weighted by molar-refractivity contribution is 5.97. The second-order valence-electron chi connectivity index (χ2n) is 6.19. The number of carbonyl (C=O) groups excluding carboxylic acids is 1. The van der Waals surface area contributed by atoms with Crippen molar-refractivity contribution in [1.29, 1.82) is 0 Å². The highest BCUT2D eigenvalue weighted by Crippen LogP contribution is 2.26. The van der Waals surface area contributed by atoms with Crippen LogP contribution in [0.3, 0.4) is 0 Å². The van der Waals surface area contributed by atoms with Crippen LogP contribution in [0.4, 0.5) is 0 Å². The summed E-state index contributed by atoms with van der Waals surface area (Å²) < 4.78 is 5.30. The van der Waals surface area contributed by atoms with Crippen molar-refractivity contribution >= 4 is 5.91 Å². The third kappa shape index (κ3) is 4.46. The molecule has 1 aromatic carbocycles. The quantitative estimate of drug-likeness (QED) is 0.813. The molecule has 5 nitrogen and oxygen atoms in total. The number of benzene rings is 1. The van der Waals surface area contributed by atoms with Gasteiger partial charge in [0.2, 0.25) is 0 Å². The van der Waals surface area contributed by atoms with E-state index < -0.39 is 0 Å². The molecule has 1 aliphatic rings. The second-order valence-corrected chi connectivity index (χ2v) is 6.19. The first-order valence-electron chi connectivity index (χ1n) is 7.91. The molecule has 0 bridgehead atoms. The lowest BCUT2D eigenvalue weighted by Gasteiger charge is -2.19. The molecule has 1 atom stereocenters. The van der Waals surface area contributed by atoms with Gasteiger partial charge < -0.3 is 20.2 Å². The molecule has 1 aromatic rings. The number of phenolic OH excluding ortho intramolecular Hbond substituents is 1. The van der Waals surface area contributed by atoms with Gasteiger partial charge in [0.05, 0.1) is 11.7 Å². The summed E-state index contributed by atoms with van der Waals surface area (Å²) in [6.45, 7) is 9.01. The van der Waals surface area contributed by atoms with E-state index in [0.29, 0.717) is 24.6 Å². The zero-order valence-corrected chi connectivity index (χ0v) is 14.6. The van der Waals surface area contributed by atoms with E-state index in [-0.39, 0.29) is 23.2 Å². The summed E-state index contributed by atoms with van der Waals surface area (Å²) in [5.41, 5.74) is 2.58. The maximum atomic E-state index is 12.7. The first-order valence-corrected chi connectivity index (χ1v) is 7.91. The largest absolute Gasteiger partial charge is 0.507 e. The molecule has 1 aliphatic heterocycles. The molecule has 24 heavy (non-hydrogen) atoms. The molecule has 0 fully saturated rings. The van der Waals surface area contributed by atoms with Gasteiger partial charge in [-0.2, -0.15) is 0 Å². The minimum atomic E-state index is -0.135. The normalized spacial score (nSPS) is 15.0. The highest BCUT2D eigenvalue weighted by Gasteiger charge is 2.24. The Labute approximate surface area is 143 Å². The molecular weight excluding hydrogens is 306 g/mol. The molecular formula is C19H27NO4. The van der Waals surface area contributed by atoms with Crippen LogP contribution in [-0.4, -0.2) is 47.7 Å². The molecule has 2 rings (SSSR count). The van der Waals surface area contributed by atoms with Crippen molar-refractivity contribution in [2.75, 3.05) is 20.2 Å². The van der Waals surface area contributed by atoms with E-state index in [0.717, 1.165) is 17.6 Å². The number of methoxy groups -OCH3 is 1. The van der Waals surface area contributed by atoms with E-state index in [1.807, 2.05) is 6.07 Å². The van der Waals surface area contributed by atoms with Crippen molar-refractivity contribution < 1.29 is 20.1 Å². The standard InChI is InChI=1S/C19H25NO3.H2O/c1-5-16(23-4)10-14-8-9-20(12-14)19(22)17-11-15(13(2)3)6-7-18(17)21;/h5-8,11,13,16,21H,1,9-10,12H2,2-4H3;1H2. The van der Waals surface area contributed by atoms with Crippen molar-refractivity contribution in [1.82, 2.24) is 4.90 Å². The Morgan fingerprint density at radius 2 is 2.17 bits per heavy atom. The summed E-state index contributed by atoms with van der Waals surface area (Å²) in [5.74, 6) is 0.210. The van der Waals surface area contributed by atoms with Crippen LogP contribution in [0.1, 0.15) is 42.1 Å². The fourth-order valence-corrected chi connectivity index (χ4v) is 2.69. The minimum Gasteiger partial charge on any atom is -0.507 e. The van der Waals surface area contributed by atoms with E-state index in [1.54, 1.807) is 30.2 Å². The van der Waals surface area contributed by atoms with Crippen LogP contribution < -0.4 is 0 Å². The lowest BCUT2D eigenvalue weighted by atomic mass is 9.99. The van der Waals surface area contributed by atoms with Crippen LogP contribution in [-0.2, 0) is 4.74 Å². The van der Waals surface area contributed by atoms with Crippen molar-refractivity contribution in [3.05, 3.63) is 53.6 Å². The third-order valence-corrected chi connectivity index (χ3v) is 4.23. The zero-order valence-electron chi connectivity index (χ0n) is 14.6. The molecule has 0 radical (unpaired) electrons. The topological polar surface area (TPSA) is 81.3 Å². The van der Waals surface area contributed by atoms with Crippen LogP contribution in [0.15, 0.2) is 42.5 Å². The van der Waals surface area contributed by atoms with Gasteiger partial charge in [-0.3, -0.25) is 4.79 Å². The number of ether oxygens (including phenoxy) is 1.